The molecule has 0 unspecified atom stereocenters. The quantitative estimate of drug-likeness (QED) is 0.842. The van der Waals surface area contributed by atoms with E-state index in [-0.39, 0.29) is 5.79 Å². The summed E-state index contributed by atoms with van der Waals surface area (Å²) in [6.07, 6.45) is 1.78. The lowest BCUT2D eigenvalue weighted by Crippen LogP contribution is -2.50. The van der Waals surface area contributed by atoms with E-state index in [0.29, 0.717) is 0 Å². The molecule has 2 heterocycles. The Hall–Kier alpha value is -1.17. The van der Waals surface area contributed by atoms with Gasteiger partial charge in [0.2, 0.25) is 0 Å². The largest absolute Gasteiger partial charge is 0.358 e. The van der Waals surface area contributed by atoms with Crippen LogP contribution in [0.5, 0.6) is 0 Å². The molecule has 2 aliphatic rings. The number of benzene rings is 1. The molecule has 1 aromatic carbocycles. The first-order valence-corrected chi connectivity index (χ1v) is 7.53. The van der Waals surface area contributed by atoms with Crippen molar-refractivity contribution in [2.24, 2.45) is 0 Å². The monoisotopic (exact) mass is 292 g/mol. The maximum atomic E-state index is 5.73. The fourth-order valence-electron chi connectivity index (χ4n) is 2.72. The van der Waals surface area contributed by atoms with Gasteiger partial charge in [-0.2, -0.15) is 0 Å². The molecule has 5 heteroatoms. The summed E-state index contributed by atoms with van der Waals surface area (Å²) in [6.45, 7) is 3.99. The Kier molecular flexibility index (Phi) is 4.19. The number of hydrogen-bond acceptors (Lipinski definition) is 3. The van der Waals surface area contributed by atoms with Gasteiger partial charge in [0.1, 0.15) is 0 Å². The maximum absolute atomic E-state index is 5.73. The second kappa shape index (κ2) is 6.08. The third-order valence-corrected chi connectivity index (χ3v) is 4.32. The van der Waals surface area contributed by atoms with Gasteiger partial charge in [0.05, 0.1) is 13.2 Å². The van der Waals surface area contributed by atoms with Crippen LogP contribution in [-0.2, 0) is 16.0 Å². The molecule has 108 valence electrons. The predicted octanol–water partition coefficient (Wildman–Crippen LogP) is 1.90. The van der Waals surface area contributed by atoms with Crippen molar-refractivity contribution in [3.05, 3.63) is 35.9 Å². The average Bonchev–Trinajstić information content (AvgIpc) is 2.95. The van der Waals surface area contributed by atoms with E-state index >= 15 is 0 Å². The maximum Gasteiger partial charge on any atom is 0.171 e. The van der Waals surface area contributed by atoms with E-state index in [1.165, 1.54) is 5.56 Å². The zero-order valence-electron chi connectivity index (χ0n) is 11.5. The first kappa shape index (κ1) is 13.8. The molecule has 1 spiro atoms. The molecule has 1 aromatic rings. The molecule has 2 saturated heterocycles. The highest BCUT2D eigenvalue weighted by Crippen LogP contribution is 2.31. The van der Waals surface area contributed by atoms with E-state index in [9.17, 15) is 0 Å². The number of ether oxygens (including phenoxy) is 2. The van der Waals surface area contributed by atoms with Gasteiger partial charge in [-0.15, -0.1) is 0 Å². The lowest BCUT2D eigenvalue weighted by molar-refractivity contribution is -0.180. The fourth-order valence-corrected chi connectivity index (χ4v) is 2.98. The van der Waals surface area contributed by atoms with E-state index in [0.717, 1.165) is 50.8 Å². The molecule has 0 bridgehead atoms. The van der Waals surface area contributed by atoms with Crippen LogP contribution in [-0.4, -0.2) is 42.1 Å². The fraction of sp³-hybridized carbons (Fsp3) is 0.533. The summed E-state index contributed by atoms with van der Waals surface area (Å²) in [5, 5.41) is 4.14. The van der Waals surface area contributed by atoms with Crippen molar-refractivity contribution in [1.82, 2.24) is 10.2 Å². The first-order chi connectivity index (χ1) is 9.77. The van der Waals surface area contributed by atoms with Crippen molar-refractivity contribution >= 4 is 17.3 Å². The summed E-state index contributed by atoms with van der Waals surface area (Å²) >= 11 is 5.47. The van der Waals surface area contributed by atoms with Gasteiger partial charge in [-0.1, -0.05) is 30.3 Å². The highest BCUT2D eigenvalue weighted by molar-refractivity contribution is 7.80. The average molecular weight is 292 g/mol. The van der Waals surface area contributed by atoms with E-state index < -0.39 is 0 Å². The van der Waals surface area contributed by atoms with Crippen molar-refractivity contribution in [2.75, 3.05) is 26.3 Å². The van der Waals surface area contributed by atoms with Crippen LogP contribution in [0.4, 0.5) is 0 Å². The Balaban J connectivity index is 1.47. The van der Waals surface area contributed by atoms with Crippen LogP contribution in [0.1, 0.15) is 18.4 Å². The third-order valence-electron chi connectivity index (χ3n) is 3.91. The highest BCUT2D eigenvalue weighted by atomic mass is 32.1. The van der Waals surface area contributed by atoms with Gasteiger partial charge in [-0.05, 0) is 17.8 Å². The Morgan fingerprint density at radius 2 is 1.80 bits per heavy atom. The van der Waals surface area contributed by atoms with Crippen molar-refractivity contribution < 1.29 is 9.47 Å². The van der Waals surface area contributed by atoms with Crippen molar-refractivity contribution in [2.45, 2.75) is 25.2 Å². The van der Waals surface area contributed by atoms with Crippen LogP contribution >= 0.6 is 12.2 Å². The van der Waals surface area contributed by atoms with E-state index in [1.54, 1.807) is 0 Å². The highest BCUT2D eigenvalue weighted by Gasteiger charge is 2.40. The second-order valence-corrected chi connectivity index (χ2v) is 5.63. The van der Waals surface area contributed by atoms with Gasteiger partial charge in [-0.25, -0.2) is 0 Å². The van der Waals surface area contributed by atoms with Crippen LogP contribution in [0.2, 0.25) is 0 Å². The molecule has 0 saturated carbocycles. The normalized spacial score (nSPS) is 21.1. The van der Waals surface area contributed by atoms with Crippen LogP contribution < -0.4 is 5.32 Å². The van der Waals surface area contributed by atoms with Crippen LogP contribution in [0.15, 0.2) is 30.3 Å². The molecule has 0 aliphatic carbocycles. The zero-order chi connectivity index (χ0) is 13.8. The minimum Gasteiger partial charge on any atom is -0.358 e. The molecule has 0 aromatic heterocycles. The minimum atomic E-state index is -0.328. The molecular formula is C15H20N2O2S. The van der Waals surface area contributed by atoms with Crippen molar-refractivity contribution in [1.29, 1.82) is 0 Å². The molecule has 4 nitrogen and oxygen atoms in total. The topological polar surface area (TPSA) is 33.7 Å². The number of thiocarbonyl (C=S) groups is 1. The van der Waals surface area contributed by atoms with E-state index in [2.05, 4.69) is 22.3 Å². The summed E-state index contributed by atoms with van der Waals surface area (Å²) in [7, 11) is 0. The van der Waals surface area contributed by atoms with E-state index in [4.69, 9.17) is 21.7 Å². The van der Waals surface area contributed by atoms with Crippen LogP contribution in [0.25, 0.3) is 0 Å². The summed E-state index contributed by atoms with van der Waals surface area (Å²) in [4.78, 5) is 2.20. The van der Waals surface area contributed by atoms with Crippen LogP contribution in [0.3, 0.4) is 0 Å². The molecule has 2 fully saturated rings. The SMILES string of the molecule is S=C(NCc1ccccc1)N1CCC2(CC1)OCCO2. The van der Waals surface area contributed by atoms with Gasteiger partial charge < -0.3 is 19.7 Å². The van der Waals surface area contributed by atoms with Gasteiger partial charge in [0, 0.05) is 32.5 Å². The van der Waals surface area contributed by atoms with E-state index in [1.807, 2.05) is 18.2 Å². The Morgan fingerprint density at radius 3 is 2.45 bits per heavy atom. The number of piperidine rings is 1. The lowest BCUT2D eigenvalue weighted by atomic mass is 10.0. The number of rotatable bonds is 2. The molecule has 0 radical (unpaired) electrons. The zero-order valence-corrected chi connectivity index (χ0v) is 12.3. The standard InChI is InChI=1S/C15H20N2O2S/c20-14(16-12-13-4-2-1-3-5-13)17-8-6-15(7-9-17)18-10-11-19-15/h1-5H,6-12H2,(H,16,20). The Labute approximate surface area is 125 Å². The number of nitrogens with zero attached hydrogens (tertiary/aromatic N) is 1. The van der Waals surface area contributed by atoms with Gasteiger partial charge >= 0.3 is 0 Å². The number of nitrogens with one attached hydrogen (secondary N) is 1. The number of likely N-dealkylation sites (tertiary alicyclic amines) is 1. The molecule has 20 heavy (non-hydrogen) atoms. The summed E-state index contributed by atoms with van der Waals surface area (Å²) in [5.74, 6) is -0.328. The molecule has 0 amide bonds. The van der Waals surface area contributed by atoms with Crippen LogP contribution in [0, 0.1) is 0 Å². The second-order valence-electron chi connectivity index (χ2n) is 5.24. The molecular weight excluding hydrogens is 272 g/mol. The molecule has 2 aliphatic heterocycles. The summed E-state index contributed by atoms with van der Waals surface area (Å²) in [6, 6.07) is 10.3. The van der Waals surface area contributed by atoms with Crippen molar-refractivity contribution in [3.63, 3.8) is 0 Å². The lowest BCUT2D eigenvalue weighted by Gasteiger charge is -2.38. The van der Waals surface area contributed by atoms with Gasteiger partial charge in [0.15, 0.2) is 10.9 Å². The minimum absolute atomic E-state index is 0.328. The smallest absolute Gasteiger partial charge is 0.171 e. The summed E-state index contributed by atoms with van der Waals surface area (Å²) < 4.78 is 11.5. The van der Waals surface area contributed by atoms with Crippen molar-refractivity contribution in [3.8, 4) is 0 Å². The Bertz CT molecular complexity index is 450. The van der Waals surface area contributed by atoms with Gasteiger partial charge in [-0.3, -0.25) is 0 Å². The predicted molar refractivity (Wildman–Crippen MR) is 81.3 cm³/mol. The summed E-state index contributed by atoms with van der Waals surface area (Å²) in [5.41, 5.74) is 1.24. The first-order valence-electron chi connectivity index (χ1n) is 7.12. The molecule has 3 rings (SSSR count). The van der Waals surface area contributed by atoms with Gasteiger partial charge in [0.25, 0.3) is 0 Å². The molecule has 0 atom stereocenters. The number of hydrogen-bond donors (Lipinski definition) is 1. The third kappa shape index (κ3) is 3.11. The molecule has 1 N–H and O–H groups in total. The Morgan fingerprint density at radius 1 is 1.15 bits per heavy atom.